The Labute approximate surface area is 116 Å². The minimum atomic E-state index is 0.652. The van der Waals surface area contributed by atoms with Crippen LogP contribution in [0.25, 0.3) is 5.69 Å². The third-order valence-electron chi connectivity index (χ3n) is 3.19. The van der Waals surface area contributed by atoms with Crippen molar-refractivity contribution in [2.75, 3.05) is 0 Å². The molecule has 3 aromatic rings. The smallest absolute Gasteiger partial charge is 0.151 e. The van der Waals surface area contributed by atoms with Crippen molar-refractivity contribution in [1.82, 2.24) is 30.3 Å². The van der Waals surface area contributed by atoms with E-state index in [2.05, 4.69) is 25.7 Å². The first-order valence-electron chi connectivity index (χ1n) is 6.48. The molecule has 6 heteroatoms. The molecule has 1 aromatic carbocycles. The second-order valence-corrected chi connectivity index (χ2v) is 4.58. The molecule has 0 fully saturated rings. The van der Waals surface area contributed by atoms with Crippen molar-refractivity contribution in [3.8, 4) is 5.69 Å². The second kappa shape index (κ2) is 5.66. The van der Waals surface area contributed by atoms with E-state index in [1.807, 2.05) is 48.0 Å². The lowest BCUT2D eigenvalue weighted by Crippen LogP contribution is -2.16. The van der Waals surface area contributed by atoms with Gasteiger partial charge in [0.15, 0.2) is 5.82 Å². The quantitative estimate of drug-likeness (QED) is 0.737. The fraction of sp³-hybridized carbons (Fsp3) is 0.214. The molecule has 0 aliphatic heterocycles. The van der Waals surface area contributed by atoms with Crippen LogP contribution in [-0.2, 0) is 13.1 Å². The number of benzene rings is 1. The average molecular weight is 268 g/mol. The van der Waals surface area contributed by atoms with Gasteiger partial charge in [-0.25, -0.2) is 0 Å². The van der Waals surface area contributed by atoms with Crippen LogP contribution in [-0.4, -0.2) is 25.0 Å². The molecule has 0 aliphatic rings. The lowest BCUT2D eigenvalue weighted by atomic mass is 10.2. The summed E-state index contributed by atoms with van der Waals surface area (Å²) in [6.45, 7) is 3.42. The van der Waals surface area contributed by atoms with Gasteiger partial charge < -0.3 is 5.32 Å². The van der Waals surface area contributed by atoms with Crippen molar-refractivity contribution in [2.24, 2.45) is 0 Å². The summed E-state index contributed by atoms with van der Waals surface area (Å²) in [6.07, 6.45) is 3.57. The lowest BCUT2D eigenvalue weighted by molar-refractivity contribution is 0.650. The molecule has 20 heavy (non-hydrogen) atoms. The van der Waals surface area contributed by atoms with E-state index in [1.54, 1.807) is 6.33 Å². The summed E-state index contributed by atoms with van der Waals surface area (Å²) in [5.41, 5.74) is 3.31. The summed E-state index contributed by atoms with van der Waals surface area (Å²) in [4.78, 5) is 0. The zero-order valence-corrected chi connectivity index (χ0v) is 11.2. The highest BCUT2D eigenvalue weighted by Gasteiger charge is 2.06. The van der Waals surface area contributed by atoms with Gasteiger partial charge in [-0.2, -0.15) is 5.10 Å². The Hall–Kier alpha value is -2.47. The number of nitrogens with zero attached hydrogens (tertiary/aromatic N) is 4. The largest absolute Gasteiger partial charge is 0.306 e. The molecule has 3 rings (SSSR count). The number of nitrogens with one attached hydrogen (secondary N) is 2. The minimum Gasteiger partial charge on any atom is -0.306 e. The van der Waals surface area contributed by atoms with Gasteiger partial charge in [0.2, 0.25) is 0 Å². The van der Waals surface area contributed by atoms with E-state index >= 15 is 0 Å². The van der Waals surface area contributed by atoms with E-state index in [-0.39, 0.29) is 0 Å². The Bertz CT molecular complexity index is 670. The molecular formula is C14H16N6. The third-order valence-corrected chi connectivity index (χ3v) is 3.19. The summed E-state index contributed by atoms with van der Waals surface area (Å²) < 4.78 is 1.98. The van der Waals surface area contributed by atoms with Crippen LogP contribution >= 0.6 is 0 Å². The highest BCUT2D eigenvalue weighted by molar-refractivity contribution is 5.31. The van der Waals surface area contributed by atoms with Crippen molar-refractivity contribution < 1.29 is 0 Å². The molecule has 2 aromatic heterocycles. The molecule has 6 nitrogen and oxygen atoms in total. The molecule has 0 saturated heterocycles. The number of para-hydroxylation sites is 1. The number of hydrogen-bond donors (Lipinski definition) is 2. The van der Waals surface area contributed by atoms with E-state index < -0.39 is 0 Å². The molecule has 0 bridgehead atoms. The van der Waals surface area contributed by atoms with Gasteiger partial charge in [0, 0.05) is 23.5 Å². The van der Waals surface area contributed by atoms with Crippen molar-refractivity contribution in [2.45, 2.75) is 20.0 Å². The summed E-state index contributed by atoms with van der Waals surface area (Å²) in [5.74, 6) is 0.886. The van der Waals surface area contributed by atoms with Crippen molar-refractivity contribution in [1.29, 1.82) is 0 Å². The van der Waals surface area contributed by atoms with Gasteiger partial charge in [-0.3, -0.25) is 9.67 Å². The van der Waals surface area contributed by atoms with Crippen LogP contribution in [0.5, 0.6) is 0 Å². The van der Waals surface area contributed by atoms with Gasteiger partial charge >= 0.3 is 0 Å². The number of aromatic amines is 1. The zero-order valence-electron chi connectivity index (χ0n) is 11.2. The van der Waals surface area contributed by atoms with E-state index in [1.165, 1.54) is 0 Å². The Kier molecular flexibility index (Phi) is 3.56. The van der Waals surface area contributed by atoms with Gasteiger partial charge in [-0.15, -0.1) is 10.2 Å². The van der Waals surface area contributed by atoms with Crippen LogP contribution in [0.1, 0.15) is 17.1 Å². The predicted octanol–water partition coefficient (Wildman–Crippen LogP) is 1.59. The highest BCUT2D eigenvalue weighted by Crippen LogP contribution is 2.09. The zero-order chi connectivity index (χ0) is 13.8. The second-order valence-electron chi connectivity index (χ2n) is 4.58. The number of aryl methyl sites for hydroxylation is 1. The van der Waals surface area contributed by atoms with Gasteiger partial charge in [-0.1, -0.05) is 18.2 Å². The van der Waals surface area contributed by atoms with Gasteiger partial charge in [0.1, 0.15) is 6.33 Å². The molecule has 102 valence electrons. The van der Waals surface area contributed by atoms with Gasteiger partial charge in [0.25, 0.3) is 0 Å². The Morgan fingerprint density at radius 3 is 2.80 bits per heavy atom. The fourth-order valence-corrected chi connectivity index (χ4v) is 2.05. The molecule has 2 N–H and O–H groups in total. The van der Waals surface area contributed by atoms with Crippen LogP contribution in [0.2, 0.25) is 0 Å². The Balaban J connectivity index is 1.67. The van der Waals surface area contributed by atoms with E-state index in [9.17, 15) is 0 Å². The van der Waals surface area contributed by atoms with Crippen LogP contribution < -0.4 is 5.32 Å². The molecule has 0 radical (unpaired) electrons. The molecule has 0 saturated carbocycles. The standard InChI is InChI=1S/C14H16N6/c1-11-12(8-16-18-11)7-15-9-14-19-17-10-20(14)13-5-3-2-4-6-13/h2-6,8,10,15H,7,9H2,1H3,(H,16,18). The summed E-state index contributed by atoms with van der Waals surface area (Å²) in [6, 6.07) is 10.1. The minimum absolute atomic E-state index is 0.652. The van der Waals surface area contributed by atoms with Crippen LogP contribution in [0.15, 0.2) is 42.9 Å². The summed E-state index contributed by atoms with van der Waals surface area (Å²) >= 11 is 0. The maximum absolute atomic E-state index is 4.16. The van der Waals surface area contributed by atoms with Crippen molar-refractivity contribution in [3.05, 3.63) is 59.9 Å². The van der Waals surface area contributed by atoms with E-state index in [0.29, 0.717) is 6.54 Å². The summed E-state index contributed by atoms with van der Waals surface area (Å²) in [5, 5.41) is 18.4. The maximum atomic E-state index is 4.16. The van der Waals surface area contributed by atoms with Crippen molar-refractivity contribution >= 4 is 0 Å². The predicted molar refractivity (Wildman–Crippen MR) is 75.2 cm³/mol. The van der Waals surface area contributed by atoms with E-state index in [4.69, 9.17) is 0 Å². The molecule has 0 amide bonds. The highest BCUT2D eigenvalue weighted by atomic mass is 15.3. The molecule has 0 unspecified atom stereocenters. The average Bonchev–Trinajstić information content (AvgIpc) is 3.10. The molecule has 2 heterocycles. The van der Waals surface area contributed by atoms with E-state index in [0.717, 1.165) is 29.3 Å². The monoisotopic (exact) mass is 268 g/mol. The first-order chi connectivity index (χ1) is 9.84. The number of hydrogen-bond acceptors (Lipinski definition) is 4. The van der Waals surface area contributed by atoms with Crippen molar-refractivity contribution in [3.63, 3.8) is 0 Å². The fourth-order valence-electron chi connectivity index (χ4n) is 2.05. The topological polar surface area (TPSA) is 71.4 Å². The number of rotatable bonds is 5. The molecule has 0 spiro atoms. The normalized spacial score (nSPS) is 10.8. The van der Waals surface area contributed by atoms with Crippen LogP contribution in [0.4, 0.5) is 0 Å². The number of H-pyrrole nitrogens is 1. The molecule has 0 atom stereocenters. The van der Waals surface area contributed by atoms with Gasteiger partial charge in [0.05, 0.1) is 12.7 Å². The first kappa shape index (κ1) is 12.6. The Morgan fingerprint density at radius 2 is 2.05 bits per heavy atom. The number of aromatic nitrogens is 5. The molecular weight excluding hydrogens is 252 g/mol. The third kappa shape index (κ3) is 2.60. The maximum Gasteiger partial charge on any atom is 0.151 e. The first-order valence-corrected chi connectivity index (χ1v) is 6.48. The molecule has 0 aliphatic carbocycles. The van der Waals surface area contributed by atoms with Crippen LogP contribution in [0, 0.1) is 6.92 Å². The van der Waals surface area contributed by atoms with Gasteiger partial charge in [-0.05, 0) is 19.1 Å². The summed E-state index contributed by atoms with van der Waals surface area (Å²) in [7, 11) is 0. The SMILES string of the molecule is Cc1[nH]ncc1CNCc1nncn1-c1ccccc1. The Morgan fingerprint density at radius 1 is 1.20 bits per heavy atom. The lowest BCUT2D eigenvalue weighted by Gasteiger charge is -2.07. The van der Waals surface area contributed by atoms with Crippen LogP contribution in [0.3, 0.4) is 0 Å².